The van der Waals surface area contributed by atoms with E-state index in [4.69, 9.17) is 17.3 Å². The molecule has 0 aliphatic heterocycles. The van der Waals surface area contributed by atoms with Crippen molar-refractivity contribution in [3.63, 3.8) is 0 Å². The first kappa shape index (κ1) is 14.5. The molecule has 3 N–H and O–H groups in total. The summed E-state index contributed by atoms with van der Waals surface area (Å²) in [4.78, 5) is 12.1. The summed E-state index contributed by atoms with van der Waals surface area (Å²) in [7, 11) is 0. The van der Waals surface area contributed by atoms with Gasteiger partial charge < -0.3 is 11.1 Å². The van der Waals surface area contributed by atoms with E-state index in [1.807, 2.05) is 0 Å². The van der Waals surface area contributed by atoms with Crippen LogP contribution in [0.5, 0.6) is 0 Å². The molecule has 4 heteroatoms. The van der Waals surface area contributed by atoms with Gasteiger partial charge in [-0.3, -0.25) is 4.79 Å². The second kappa shape index (κ2) is 5.40. The topological polar surface area (TPSA) is 55.1 Å². The molecule has 0 heterocycles. The lowest BCUT2D eigenvalue weighted by atomic mass is 9.61. The molecule has 0 aromatic heterocycles. The Morgan fingerprint density at radius 3 is 2.65 bits per heavy atom. The number of hydrogen-bond acceptors (Lipinski definition) is 2. The summed E-state index contributed by atoms with van der Waals surface area (Å²) in [6.45, 7) is 10.3. The Morgan fingerprint density at radius 1 is 1.53 bits per heavy atom. The smallest absolute Gasteiger partial charge is 0.223 e. The van der Waals surface area contributed by atoms with Crippen molar-refractivity contribution >= 4 is 17.5 Å². The van der Waals surface area contributed by atoms with Gasteiger partial charge in [-0.1, -0.05) is 39.0 Å². The molecule has 1 amide bonds. The van der Waals surface area contributed by atoms with Crippen LogP contribution < -0.4 is 11.1 Å². The molecule has 0 saturated heterocycles. The molecule has 1 saturated carbocycles. The lowest BCUT2D eigenvalue weighted by Gasteiger charge is -2.46. The number of nitrogens with one attached hydrogen (secondary N) is 1. The third kappa shape index (κ3) is 3.23. The molecule has 1 rings (SSSR count). The maximum atomic E-state index is 12.1. The standard InChI is InChI=1S/C13H23ClN2O/c1-8(14)7-16-12(17)10-5-6-11(15)9(2)13(10,3)4/h9-11H,1,5-7,15H2,2-4H3,(H,16,17). The van der Waals surface area contributed by atoms with Gasteiger partial charge in [-0.25, -0.2) is 0 Å². The van der Waals surface area contributed by atoms with Crippen molar-refractivity contribution in [2.75, 3.05) is 6.54 Å². The zero-order valence-corrected chi connectivity index (χ0v) is 11.7. The fourth-order valence-corrected chi connectivity index (χ4v) is 2.69. The van der Waals surface area contributed by atoms with Gasteiger partial charge in [-0.2, -0.15) is 0 Å². The van der Waals surface area contributed by atoms with Crippen LogP contribution in [0.1, 0.15) is 33.6 Å². The fraction of sp³-hybridized carbons (Fsp3) is 0.769. The quantitative estimate of drug-likeness (QED) is 0.816. The highest BCUT2D eigenvalue weighted by atomic mass is 35.5. The molecular weight excluding hydrogens is 236 g/mol. The SMILES string of the molecule is C=C(Cl)CNC(=O)C1CCC(N)C(C)C1(C)C. The molecule has 0 aromatic carbocycles. The predicted molar refractivity (Wildman–Crippen MR) is 71.6 cm³/mol. The van der Waals surface area contributed by atoms with Crippen LogP contribution in [0.4, 0.5) is 0 Å². The third-order valence-corrected chi connectivity index (χ3v) is 4.41. The van der Waals surface area contributed by atoms with Crippen LogP contribution in [0.2, 0.25) is 0 Å². The number of amides is 1. The maximum Gasteiger partial charge on any atom is 0.223 e. The van der Waals surface area contributed by atoms with E-state index in [1.165, 1.54) is 0 Å². The van der Waals surface area contributed by atoms with Gasteiger partial charge >= 0.3 is 0 Å². The Balaban J connectivity index is 2.70. The minimum atomic E-state index is -0.0740. The maximum absolute atomic E-state index is 12.1. The van der Waals surface area contributed by atoms with E-state index in [9.17, 15) is 4.79 Å². The van der Waals surface area contributed by atoms with Gasteiger partial charge in [0.25, 0.3) is 0 Å². The first-order valence-electron chi connectivity index (χ1n) is 6.13. The van der Waals surface area contributed by atoms with Crippen molar-refractivity contribution in [3.8, 4) is 0 Å². The molecule has 0 radical (unpaired) electrons. The van der Waals surface area contributed by atoms with Gasteiger partial charge in [0.15, 0.2) is 0 Å². The van der Waals surface area contributed by atoms with Crippen LogP contribution in [-0.2, 0) is 4.79 Å². The molecule has 0 spiro atoms. The molecule has 3 atom stereocenters. The normalized spacial score (nSPS) is 31.9. The number of carbonyl (C=O) groups is 1. The Bertz CT molecular complexity index is 315. The second-order valence-corrected chi connectivity index (χ2v) is 6.17. The van der Waals surface area contributed by atoms with Crippen LogP contribution in [0.3, 0.4) is 0 Å². The van der Waals surface area contributed by atoms with E-state index >= 15 is 0 Å². The molecule has 17 heavy (non-hydrogen) atoms. The lowest BCUT2D eigenvalue weighted by Crippen LogP contribution is -2.51. The zero-order valence-electron chi connectivity index (χ0n) is 10.9. The van der Waals surface area contributed by atoms with Crippen molar-refractivity contribution < 1.29 is 4.79 Å². The molecule has 1 aliphatic rings. The molecule has 0 aromatic rings. The average Bonchev–Trinajstić information content (AvgIpc) is 2.23. The lowest BCUT2D eigenvalue weighted by molar-refractivity contribution is -0.132. The Morgan fingerprint density at radius 2 is 2.12 bits per heavy atom. The van der Waals surface area contributed by atoms with Crippen molar-refractivity contribution in [2.45, 2.75) is 39.7 Å². The van der Waals surface area contributed by atoms with Gasteiger partial charge in [-0.05, 0) is 24.2 Å². The largest absolute Gasteiger partial charge is 0.351 e. The number of rotatable bonds is 3. The van der Waals surface area contributed by atoms with E-state index in [0.29, 0.717) is 17.5 Å². The first-order valence-corrected chi connectivity index (χ1v) is 6.51. The average molecular weight is 259 g/mol. The van der Waals surface area contributed by atoms with E-state index in [2.05, 4.69) is 32.7 Å². The molecule has 1 aliphatic carbocycles. The van der Waals surface area contributed by atoms with Crippen LogP contribution >= 0.6 is 11.6 Å². The summed E-state index contributed by atoms with van der Waals surface area (Å²) in [5.74, 6) is 0.412. The number of nitrogens with two attached hydrogens (primary N) is 1. The second-order valence-electron chi connectivity index (χ2n) is 5.64. The van der Waals surface area contributed by atoms with Crippen LogP contribution in [0.25, 0.3) is 0 Å². The number of hydrogen-bond donors (Lipinski definition) is 2. The number of carbonyl (C=O) groups excluding carboxylic acids is 1. The molecule has 1 fully saturated rings. The van der Waals surface area contributed by atoms with Gasteiger partial charge in [-0.15, -0.1) is 0 Å². The van der Waals surface area contributed by atoms with E-state index in [-0.39, 0.29) is 23.3 Å². The van der Waals surface area contributed by atoms with Crippen molar-refractivity contribution in [3.05, 3.63) is 11.6 Å². The Labute approximate surface area is 109 Å². The predicted octanol–water partition coefficient (Wildman–Crippen LogP) is 2.25. The van der Waals surface area contributed by atoms with Crippen molar-refractivity contribution in [1.82, 2.24) is 5.32 Å². The van der Waals surface area contributed by atoms with Gasteiger partial charge in [0, 0.05) is 17.0 Å². The molecular formula is C13H23ClN2O. The van der Waals surface area contributed by atoms with Gasteiger partial charge in [0.1, 0.15) is 0 Å². The number of halogens is 1. The highest BCUT2D eigenvalue weighted by Gasteiger charge is 2.44. The minimum absolute atomic E-state index is 0.00770. The third-order valence-electron chi connectivity index (χ3n) is 4.27. The highest BCUT2D eigenvalue weighted by molar-refractivity contribution is 6.29. The van der Waals surface area contributed by atoms with Gasteiger partial charge in [0.2, 0.25) is 5.91 Å². The summed E-state index contributed by atoms with van der Waals surface area (Å²) in [6, 6.07) is 0.192. The molecule has 3 unspecified atom stereocenters. The van der Waals surface area contributed by atoms with E-state index in [1.54, 1.807) is 0 Å². The highest BCUT2D eigenvalue weighted by Crippen LogP contribution is 2.44. The van der Waals surface area contributed by atoms with Crippen LogP contribution in [0, 0.1) is 17.3 Å². The van der Waals surface area contributed by atoms with Crippen LogP contribution in [0.15, 0.2) is 11.6 Å². The molecule has 98 valence electrons. The monoisotopic (exact) mass is 258 g/mol. The minimum Gasteiger partial charge on any atom is -0.351 e. The first-order chi connectivity index (χ1) is 7.76. The summed E-state index contributed by atoms with van der Waals surface area (Å²) >= 11 is 5.65. The zero-order chi connectivity index (χ0) is 13.2. The summed E-state index contributed by atoms with van der Waals surface area (Å²) in [5.41, 5.74) is 6.00. The van der Waals surface area contributed by atoms with Crippen LogP contribution in [-0.4, -0.2) is 18.5 Å². The van der Waals surface area contributed by atoms with E-state index < -0.39 is 0 Å². The fourth-order valence-electron chi connectivity index (χ4n) is 2.63. The molecule has 3 nitrogen and oxygen atoms in total. The molecule has 0 bridgehead atoms. The van der Waals surface area contributed by atoms with Crippen molar-refractivity contribution in [2.24, 2.45) is 23.0 Å². The Kier molecular flexibility index (Phi) is 4.62. The summed E-state index contributed by atoms with van der Waals surface area (Å²) in [6.07, 6.45) is 1.75. The summed E-state index contributed by atoms with van der Waals surface area (Å²) < 4.78 is 0. The van der Waals surface area contributed by atoms with Gasteiger partial charge in [0.05, 0.1) is 6.54 Å². The van der Waals surface area contributed by atoms with E-state index in [0.717, 1.165) is 12.8 Å². The Hall–Kier alpha value is -0.540. The summed E-state index contributed by atoms with van der Waals surface area (Å²) in [5, 5.41) is 3.29. The van der Waals surface area contributed by atoms with Crippen molar-refractivity contribution in [1.29, 1.82) is 0 Å².